The first-order valence-corrected chi connectivity index (χ1v) is 10.7. The summed E-state index contributed by atoms with van der Waals surface area (Å²) in [6.07, 6.45) is 3.14. The number of halogens is 4. The number of nitrogens with one attached hydrogen (secondary N) is 2. The Balaban J connectivity index is 1.43. The number of alkyl halides is 3. The van der Waals surface area contributed by atoms with Crippen LogP contribution in [0.25, 0.3) is 0 Å². The zero-order valence-corrected chi connectivity index (χ0v) is 16.9. The number of urea groups is 1. The van der Waals surface area contributed by atoms with Crippen molar-refractivity contribution in [2.75, 3.05) is 21.8 Å². The van der Waals surface area contributed by atoms with Gasteiger partial charge in [-0.05, 0) is 60.2 Å². The number of carbonyl (C=O) groups is 1. The van der Waals surface area contributed by atoms with E-state index in [1.54, 1.807) is 30.6 Å². The predicted molar refractivity (Wildman–Crippen MR) is 117 cm³/mol. The zero-order valence-electron chi connectivity index (χ0n) is 16.1. The highest BCUT2D eigenvalue weighted by molar-refractivity contribution is 8.18. The molecule has 10 heteroatoms. The normalized spacial score (nSPS) is 17.5. The van der Waals surface area contributed by atoms with E-state index in [1.165, 1.54) is 0 Å². The van der Waals surface area contributed by atoms with Gasteiger partial charge in [0.15, 0.2) is 0 Å². The molecule has 0 saturated heterocycles. The number of amides is 2. The fraction of sp³-hybridized carbons (Fsp3) is 0.0952. The van der Waals surface area contributed by atoms with Crippen LogP contribution in [0, 0.1) is 5.82 Å². The van der Waals surface area contributed by atoms with E-state index in [4.69, 9.17) is 0 Å². The van der Waals surface area contributed by atoms with Gasteiger partial charge in [-0.2, -0.15) is 13.2 Å². The summed E-state index contributed by atoms with van der Waals surface area (Å²) in [6.45, 7) is 0. The predicted octanol–water partition coefficient (Wildman–Crippen LogP) is 5.78. The van der Waals surface area contributed by atoms with Crippen LogP contribution in [0.2, 0.25) is 0 Å². The lowest BCUT2D eigenvalue weighted by Gasteiger charge is -2.20. The van der Waals surface area contributed by atoms with Crippen molar-refractivity contribution in [3.05, 3.63) is 77.1 Å². The molecule has 4 rings (SSSR count). The minimum Gasteiger partial charge on any atom is -0.308 e. The average Bonchev–Trinajstić information content (AvgIpc) is 3.09. The van der Waals surface area contributed by atoms with Crippen molar-refractivity contribution in [3.63, 3.8) is 0 Å². The summed E-state index contributed by atoms with van der Waals surface area (Å²) in [7, 11) is 0.00330. The fourth-order valence-corrected chi connectivity index (χ4v) is 4.18. The maximum Gasteiger partial charge on any atom is 0.416 e. The highest BCUT2D eigenvalue weighted by Crippen LogP contribution is 2.32. The third-order valence-corrected chi connectivity index (χ3v) is 6.04. The Morgan fingerprint density at radius 2 is 1.84 bits per heavy atom. The van der Waals surface area contributed by atoms with Crippen LogP contribution >= 0.6 is 10.5 Å². The van der Waals surface area contributed by atoms with Crippen LogP contribution in [0.3, 0.4) is 0 Å². The maximum atomic E-state index is 13.8. The number of benzene rings is 2. The summed E-state index contributed by atoms with van der Waals surface area (Å²) in [4.78, 5) is 19.5. The van der Waals surface area contributed by atoms with Crippen LogP contribution in [-0.4, -0.2) is 23.6 Å². The molecule has 0 saturated carbocycles. The monoisotopic (exact) mass is 448 g/mol. The molecule has 2 aromatic rings. The van der Waals surface area contributed by atoms with Crippen LogP contribution in [0.4, 0.5) is 39.4 Å². The Bertz CT molecular complexity index is 1170. The summed E-state index contributed by atoms with van der Waals surface area (Å²) in [5, 5.41) is 6.67. The van der Waals surface area contributed by atoms with Crippen LogP contribution in [0.15, 0.2) is 70.7 Å². The first-order valence-electron chi connectivity index (χ1n) is 9.00. The van der Waals surface area contributed by atoms with Crippen molar-refractivity contribution in [1.29, 1.82) is 0 Å². The van der Waals surface area contributed by atoms with E-state index in [9.17, 15) is 22.4 Å². The molecule has 2 aliphatic heterocycles. The lowest BCUT2D eigenvalue weighted by Crippen LogP contribution is -2.21. The Kier molecular flexibility index (Phi) is 5.40. The van der Waals surface area contributed by atoms with E-state index in [0.717, 1.165) is 16.2 Å². The smallest absolute Gasteiger partial charge is 0.308 e. The van der Waals surface area contributed by atoms with Gasteiger partial charge in [-0.3, -0.25) is 0 Å². The number of hydrogen-bond donors (Lipinski definition) is 2. The summed E-state index contributed by atoms with van der Waals surface area (Å²) in [5.74, 6) is -0.969. The largest absolute Gasteiger partial charge is 0.416 e. The quantitative estimate of drug-likeness (QED) is 0.462. The molecule has 1 atom stereocenters. The maximum absolute atomic E-state index is 13.8. The van der Waals surface area contributed by atoms with Crippen molar-refractivity contribution in [2.45, 2.75) is 6.18 Å². The number of hydrogen-bond acceptors (Lipinski definition) is 3. The topological polar surface area (TPSA) is 56.7 Å². The lowest BCUT2D eigenvalue weighted by atomic mass is 10.2. The van der Waals surface area contributed by atoms with Gasteiger partial charge in [-0.25, -0.2) is 14.2 Å². The summed E-state index contributed by atoms with van der Waals surface area (Å²) < 4.78 is 52.2. The van der Waals surface area contributed by atoms with Crippen molar-refractivity contribution >= 4 is 44.9 Å². The van der Waals surface area contributed by atoms with Crippen LogP contribution < -0.4 is 15.5 Å². The molecule has 0 spiro atoms. The second kappa shape index (κ2) is 8.03. The number of fused-ring (bicyclic) bond motifs is 1. The van der Waals surface area contributed by atoms with Crippen molar-refractivity contribution < 1.29 is 22.4 Å². The molecule has 0 aromatic heterocycles. The molecule has 1 unspecified atom stereocenters. The molecule has 0 aliphatic carbocycles. The molecule has 160 valence electrons. The molecule has 2 amide bonds. The van der Waals surface area contributed by atoms with Gasteiger partial charge in [0.05, 0.1) is 11.3 Å². The molecule has 0 bridgehead atoms. The Morgan fingerprint density at radius 1 is 1.10 bits per heavy atom. The Morgan fingerprint density at radius 3 is 2.55 bits per heavy atom. The molecular weight excluding hydrogens is 432 g/mol. The van der Waals surface area contributed by atoms with Gasteiger partial charge < -0.3 is 15.5 Å². The minimum atomic E-state index is -4.64. The first-order chi connectivity index (χ1) is 14.7. The standard InChI is InChI=1S/C21H16F4N4OS/c1-31-9-8-13-11-29(12-26-19(13)31)16-5-3-15(4-6-16)27-20(30)28-18-10-14(21(23,24)25)2-7-17(18)22/h2-12H,1H3,(H2,27,28,30). The van der Waals surface area contributed by atoms with Crippen molar-refractivity contribution in [1.82, 2.24) is 0 Å². The second-order valence-electron chi connectivity index (χ2n) is 6.72. The van der Waals surface area contributed by atoms with Crippen LogP contribution in [0.1, 0.15) is 5.56 Å². The fourth-order valence-electron chi connectivity index (χ4n) is 2.99. The zero-order chi connectivity index (χ0) is 22.2. The minimum absolute atomic E-state index is 0.00330. The van der Waals surface area contributed by atoms with E-state index in [-0.39, 0.29) is 10.5 Å². The molecule has 31 heavy (non-hydrogen) atoms. The van der Waals surface area contributed by atoms with Gasteiger partial charge in [0.2, 0.25) is 0 Å². The van der Waals surface area contributed by atoms with Gasteiger partial charge in [-0.15, -0.1) is 10.5 Å². The van der Waals surface area contributed by atoms with E-state index < -0.39 is 29.3 Å². The molecule has 0 fully saturated rings. The number of nitrogens with zero attached hydrogens (tertiary/aromatic N) is 2. The molecule has 0 radical (unpaired) electrons. The number of carbonyl (C=O) groups excluding carboxylic acids is 1. The molecular formula is C21H16F4N4OS. The number of rotatable bonds is 3. The third kappa shape index (κ3) is 4.53. The Hall–Kier alpha value is -3.40. The van der Waals surface area contributed by atoms with E-state index in [2.05, 4.69) is 27.3 Å². The van der Waals surface area contributed by atoms with Gasteiger partial charge in [0.25, 0.3) is 0 Å². The molecule has 2 aromatic carbocycles. The summed E-state index contributed by atoms with van der Waals surface area (Å²) >= 11 is 0. The number of anilines is 3. The second-order valence-corrected chi connectivity index (χ2v) is 8.49. The van der Waals surface area contributed by atoms with E-state index in [1.807, 2.05) is 17.2 Å². The van der Waals surface area contributed by atoms with Gasteiger partial charge in [0.1, 0.15) is 17.1 Å². The van der Waals surface area contributed by atoms with Crippen molar-refractivity contribution in [3.8, 4) is 0 Å². The molecule has 2 N–H and O–H groups in total. The van der Waals surface area contributed by atoms with Gasteiger partial charge in [-0.1, -0.05) is 0 Å². The van der Waals surface area contributed by atoms with Crippen LogP contribution in [0.5, 0.6) is 0 Å². The summed E-state index contributed by atoms with van der Waals surface area (Å²) in [5.41, 5.74) is 0.614. The molecule has 5 nitrogen and oxygen atoms in total. The van der Waals surface area contributed by atoms with Crippen molar-refractivity contribution in [2.24, 2.45) is 4.99 Å². The van der Waals surface area contributed by atoms with Crippen LogP contribution in [-0.2, 0) is 6.18 Å². The highest BCUT2D eigenvalue weighted by atomic mass is 32.2. The molecule has 2 heterocycles. The number of aliphatic imine (C=N–C) groups is 1. The first kappa shape index (κ1) is 20.9. The third-order valence-electron chi connectivity index (χ3n) is 4.55. The van der Waals surface area contributed by atoms with E-state index in [0.29, 0.717) is 23.9 Å². The van der Waals surface area contributed by atoms with E-state index >= 15 is 0 Å². The Labute approximate surface area is 177 Å². The SMILES string of the molecule is CS1=C2N=CN(c3ccc(NC(=O)Nc4cc(C(F)(F)F)ccc4F)cc3)C=C2C=C1. The van der Waals surface area contributed by atoms with Gasteiger partial charge in [0, 0.05) is 23.1 Å². The average molecular weight is 448 g/mol. The summed E-state index contributed by atoms with van der Waals surface area (Å²) in [6, 6.07) is 7.70. The molecule has 2 aliphatic rings. The highest BCUT2D eigenvalue weighted by Gasteiger charge is 2.31. The lowest BCUT2D eigenvalue weighted by molar-refractivity contribution is -0.137. The van der Waals surface area contributed by atoms with Gasteiger partial charge >= 0.3 is 12.2 Å².